The zero-order valence-electron chi connectivity index (χ0n) is 11.4. The predicted octanol–water partition coefficient (Wildman–Crippen LogP) is 2.55. The number of carbonyl (C=O) groups is 1. The molecule has 0 fully saturated rings. The van der Waals surface area contributed by atoms with Gasteiger partial charge in [-0.2, -0.15) is 0 Å². The highest BCUT2D eigenvalue weighted by Gasteiger charge is 2.31. The quantitative estimate of drug-likeness (QED) is 0.898. The molecule has 100 valence electrons. The Balaban J connectivity index is 3.05. The second kappa shape index (κ2) is 5.48. The van der Waals surface area contributed by atoms with Crippen molar-refractivity contribution in [2.45, 2.75) is 33.7 Å². The SMILES string of the molecule is CCN(C(=O)C(N)C(C)(C)C)c1ccccc1F. The highest BCUT2D eigenvalue weighted by Crippen LogP contribution is 2.24. The molecule has 0 spiro atoms. The van der Waals surface area contributed by atoms with Crippen molar-refractivity contribution in [1.29, 1.82) is 0 Å². The zero-order valence-corrected chi connectivity index (χ0v) is 11.4. The fourth-order valence-corrected chi connectivity index (χ4v) is 1.65. The van der Waals surface area contributed by atoms with E-state index in [1.165, 1.54) is 11.0 Å². The molecule has 0 aliphatic heterocycles. The van der Waals surface area contributed by atoms with Crippen LogP contribution in [0.4, 0.5) is 10.1 Å². The Labute approximate surface area is 108 Å². The summed E-state index contributed by atoms with van der Waals surface area (Å²) in [6.07, 6.45) is 0. The standard InChI is InChI=1S/C14H21FN2O/c1-5-17(11-9-7-6-8-10(11)15)13(18)12(16)14(2,3)4/h6-9,12H,5,16H2,1-4H3. The lowest BCUT2D eigenvalue weighted by Gasteiger charge is -2.31. The van der Waals surface area contributed by atoms with Crippen LogP contribution in [0.2, 0.25) is 0 Å². The van der Waals surface area contributed by atoms with Crippen molar-refractivity contribution >= 4 is 11.6 Å². The van der Waals surface area contributed by atoms with Gasteiger partial charge in [-0.05, 0) is 24.5 Å². The molecule has 0 aliphatic rings. The van der Waals surface area contributed by atoms with Crippen LogP contribution < -0.4 is 10.6 Å². The van der Waals surface area contributed by atoms with Gasteiger partial charge in [0.25, 0.3) is 0 Å². The molecule has 1 rings (SSSR count). The van der Waals surface area contributed by atoms with Gasteiger partial charge < -0.3 is 10.6 Å². The van der Waals surface area contributed by atoms with Gasteiger partial charge in [-0.25, -0.2) is 4.39 Å². The van der Waals surface area contributed by atoms with Crippen molar-refractivity contribution in [3.05, 3.63) is 30.1 Å². The molecule has 4 heteroatoms. The van der Waals surface area contributed by atoms with Gasteiger partial charge in [0.05, 0.1) is 11.7 Å². The number of para-hydroxylation sites is 1. The Hall–Kier alpha value is -1.42. The second-order valence-corrected chi connectivity index (χ2v) is 5.38. The molecule has 18 heavy (non-hydrogen) atoms. The average Bonchev–Trinajstić information content (AvgIpc) is 2.30. The first-order valence-corrected chi connectivity index (χ1v) is 6.10. The van der Waals surface area contributed by atoms with Crippen LogP contribution in [-0.4, -0.2) is 18.5 Å². The summed E-state index contributed by atoms with van der Waals surface area (Å²) in [5, 5.41) is 0. The summed E-state index contributed by atoms with van der Waals surface area (Å²) < 4.78 is 13.7. The number of rotatable bonds is 3. The van der Waals surface area contributed by atoms with Gasteiger partial charge in [0, 0.05) is 6.54 Å². The van der Waals surface area contributed by atoms with Crippen LogP contribution in [0.15, 0.2) is 24.3 Å². The zero-order chi connectivity index (χ0) is 13.9. The van der Waals surface area contributed by atoms with Gasteiger partial charge in [-0.1, -0.05) is 32.9 Å². The van der Waals surface area contributed by atoms with Crippen molar-refractivity contribution in [3.63, 3.8) is 0 Å². The number of likely N-dealkylation sites (N-methyl/N-ethyl adjacent to an activating group) is 1. The second-order valence-electron chi connectivity index (χ2n) is 5.38. The molecule has 1 aromatic carbocycles. The number of nitrogens with two attached hydrogens (primary N) is 1. The summed E-state index contributed by atoms with van der Waals surface area (Å²) in [5.41, 5.74) is 5.88. The molecular formula is C14H21FN2O. The largest absolute Gasteiger partial charge is 0.319 e. The number of amides is 1. The third kappa shape index (κ3) is 3.07. The Kier molecular flexibility index (Phi) is 4.46. The lowest BCUT2D eigenvalue weighted by atomic mass is 9.86. The Morgan fingerprint density at radius 2 is 1.94 bits per heavy atom. The number of hydrogen-bond donors (Lipinski definition) is 1. The molecule has 0 saturated heterocycles. The Morgan fingerprint density at radius 1 is 1.39 bits per heavy atom. The first kappa shape index (κ1) is 14.6. The maximum absolute atomic E-state index is 13.7. The Morgan fingerprint density at radius 3 is 2.39 bits per heavy atom. The molecule has 1 atom stereocenters. The summed E-state index contributed by atoms with van der Waals surface area (Å²) in [6.45, 7) is 7.88. The monoisotopic (exact) mass is 252 g/mol. The molecule has 1 unspecified atom stereocenters. The molecule has 2 N–H and O–H groups in total. The van der Waals surface area contributed by atoms with Gasteiger partial charge in [0.15, 0.2) is 0 Å². The van der Waals surface area contributed by atoms with Crippen LogP contribution in [0.5, 0.6) is 0 Å². The summed E-state index contributed by atoms with van der Waals surface area (Å²) >= 11 is 0. The van der Waals surface area contributed by atoms with Crippen LogP contribution in [0.1, 0.15) is 27.7 Å². The summed E-state index contributed by atoms with van der Waals surface area (Å²) in [5.74, 6) is -0.663. The molecule has 3 nitrogen and oxygen atoms in total. The van der Waals surface area contributed by atoms with E-state index in [9.17, 15) is 9.18 Å². The number of anilines is 1. The smallest absolute Gasteiger partial charge is 0.244 e. The van der Waals surface area contributed by atoms with Gasteiger partial charge in [0.1, 0.15) is 5.82 Å². The molecule has 0 bridgehead atoms. The van der Waals surface area contributed by atoms with E-state index in [2.05, 4.69) is 0 Å². The van der Waals surface area contributed by atoms with Crippen molar-refractivity contribution in [2.75, 3.05) is 11.4 Å². The highest BCUT2D eigenvalue weighted by atomic mass is 19.1. The lowest BCUT2D eigenvalue weighted by Crippen LogP contribution is -2.50. The lowest BCUT2D eigenvalue weighted by molar-refractivity contribution is -0.121. The summed E-state index contributed by atoms with van der Waals surface area (Å²) in [4.78, 5) is 13.7. The first-order valence-electron chi connectivity index (χ1n) is 6.10. The van der Waals surface area contributed by atoms with Crippen LogP contribution in [0.3, 0.4) is 0 Å². The fourth-order valence-electron chi connectivity index (χ4n) is 1.65. The topological polar surface area (TPSA) is 46.3 Å². The van der Waals surface area contributed by atoms with E-state index in [0.29, 0.717) is 6.54 Å². The van der Waals surface area contributed by atoms with Crippen LogP contribution >= 0.6 is 0 Å². The van der Waals surface area contributed by atoms with E-state index in [0.717, 1.165) is 0 Å². The van der Waals surface area contributed by atoms with E-state index in [1.807, 2.05) is 20.8 Å². The van der Waals surface area contributed by atoms with Crippen LogP contribution in [0, 0.1) is 11.2 Å². The van der Waals surface area contributed by atoms with Crippen LogP contribution in [-0.2, 0) is 4.79 Å². The van der Waals surface area contributed by atoms with Crippen LogP contribution in [0.25, 0.3) is 0 Å². The van der Waals surface area contributed by atoms with E-state index in [-0.39, 0.29) is 17.0 Å². The molecule has 0 aliphatic carbocycles. The number of carbonyl (C=O) groups excluding carboxylic acids is 1. The third-order valence-electron chi connectivity index (χ3n) is 2.92. The van der Waals surface area contributed by atoms with Crippen molar-refractivity contribution in [1.82, 2.24) is 0 Å². The van der Waals surface area contributed by atoms with E-state index in [1.54, 1.807) is 25.1 Å². The maximum atomic E-state index is 13.7. The van der Waals surface area contributed by atoms with Gasteiger partial charge in [0.2, 0.25) is 5.91 Å². The maximum Gasteiger partial charge on any atom is 0.244 e. The number of nitrogens with zero attached hydrogens (tertiary/aromatic N) is 1. The number of halogens is 1. The molecule has 0 radical (unpaired) electrons. The van der Waals surface area contributed by atoms with E-state index >= 15 is 0 Å². The average molecular weight is 252 g/mol. The highest BCUT2D eigenvalue weighted by molar-refractivity contribution is 5.97. The molecule has 1 aromatic rings. The minimum Gasteiger partial charge on any atom is -0.319 e. The molecule has 1 amide bonds. The van der Waals surface area contributed by atoms with Crippen molar-refractivity contribution in [3.8, 4) is 0 Å². The number of benzene rings is 1. The summed E-state index contributed by atoms with van der Waals surface area (Å²) in [7, 11) is 0. The molecular weight excluding hydrogens is 231 g/mol. The molecule has 0 aromatic heterocycles. The minimum atomic E-state index is -0.656. The predicted molar refractivity (Wildman–Crippen MR) is 71.9 cm³/mol. The summed E-state index contributed by atoms with van der Waals surface area (Å²) in [6, 6.07) is 5.58. The normalized spacial score (nSPS) is 13.2. The molecule has 0 heterocycles. The first-order chi connectivity index (χ1) is 8.29. The van der Waals surface area contributed by atoms with Crippen molar-refractivity contribution in [2.24, 2.45) is 11.1 Å². The van der Waals surface area contributed by atoms with E-state index in [4.69, 9.17) is 5.73 Å². The van der Waals surface area contributed by atoms with Gasteiger partial charge in [-0.3, -0.25) is 4.79 Å². The minimum absolute atomic E-state index is 0.255. The fraction of sp³-hybridized carbons (Fsp3) is 0.500. The van der Waals surface area contributed by atoms with Crippen molar-refractivity contribution < 1.29 is 9.18 Å². The Bertz CT molecular complexity index is 426. The van der Waals surface area contributed by atoms with Gasteiger partial charge >= 0.3 is 0 Å². The molecule has 0 saturated carbocycles. The number of hydrogen-bond acceptors (Lipinski definition) is 2. The van der Waals surface area contributed by atoms with E-state index < -0.39 is 11.9 Å². The van der Waals surface area contributed by atoms with Gasteiger partial charge in [-0.15, -0.1) is 0 Å². The third-order valence-corrected chi connectivity index (χ3v) is 2.92.